The van der Waals surface area contributed by atoms with Gasteiger partial charge in [-0.2, -0.15) is 0 Å². The predicted octanol–water partition coefficient (Wildman–Crippen LogP) is 2.90. The van der Waals surface area contributed by atoms with Crippen LogP contribution in [0.15, 0.2) is 22.7 Å². The van der Waals surface area contributed by atoms with Gasteiger partial charge in [0, 0.05) is 34.9 Å². The molecule has 0 radical (unpaired) electrons. The Labute approximate surface area is 118 Å². The van der Waals surface area contributed by atoms with Gasteiger partial charge in [-0.25, -0.2) is 0 Å². The van der Waals surface area contributed by atoms with Crippen LogP contribution in [-0.4, -0.2) is 24.3 Å². The number of nitrogens with zero attached hydrogens (tertiary/aromatic N) is 1. The van der Waals surface area contributed by atoms with Crippen molar-refractivity contribution in [1.29, 1.82) is 0 Å². The van der Waals surface area contributed by atoms with Crippen molar-refractivity contribution in [2.45, 2.75) is 39.3 Å². The molecule has 0 bridgehead atoms. The molecule has 0 aliphatic carbocycles. The average molecular weight is 315 g/mol. The van der Waals surface area contributed by atoms with Crippen LogP contribution >= 0.6 is 15.9 Å². The zero-order valence-corrected chi connectivity index (χ0v) is 12.8. The molecule has 0 aromatic heterocycles. The van der Waals surface area contributed by atoms with E-state index in [4.69, 9.17) is 5.73 Å². The lowest BCUT2D eigenvalue weighted by molar-refractivity contribution is 0.296. The molecule has 4 heteroatoms. The number of anilines is 1. The van der Waals surface area contributed by atoms with Crippen molar-refractivity contribution in [2.24, 2.45) is 5.73 Å². The minimum Gasteiger partial charge on any atom is -0.395 e. The number of rotatable bonds is 7. The van der Waals surface area contributed by atoms with E-state index in [1.54, 1.807) is 0 Å². The SMILES string of the molecule is CCC(CC)N(CCO)c1cccc(Br)c1CN. The second-order valence-electron chi connectivity index (χ2n) is 4.33. The number of nitrogens with two attached hydrogens (primary N) is 1. The topological polar surface area (TPSA) is 49.5 Å². The van der Waals surface area contributed by atoms with E-state index in [0.29, 0.717) is 19.1 Å². The van der Waals surface area contributed by atoms with Crippen LogP contribution in [0.2, 0.25) is 0 Å². The normalized spacial score (nSPS) is 11.0. The summed E-state index contributed by atoms with van der Waals surface area (Å²) in [5.41, 5.74) is 8.09. The first-order valence-corrected chi connectivity index (χ1v) is 7.33. The molecule has 18 heavy (non-hydrogen) atoms. The fourth-order valence-electron chi connectivity index (χ4n) is 2.36. The lowest BCUT2D eigenvalue weighted by Gasteiger charge is -2.34. The predicted molar refractivity (Wildman–Crippen MR) is 80.8 cm³/mol. The van der Waals surface area contributed by atoms with Crippen molar-refractivity contribution >= 4 is 21.6 Å². The first-order valence-electron chi connectivity index (χ1n) is 6.54. The molecule has 1 aromatic rings. The molecule has 3 nitrogen and oxygen atoms in total. The summed E-state index contributed by atoms with van der Waals surface area (Å²) >= 11 is 3.55. The number of benzene rings is 1. The summed E-state index contributed by atoms with van der Waals surface area (Å²) in [5, 5.41) is 9.29. The van der Waals surface area contributed by atoms with Gasteiger partial charge < -0.3 is 15.7 Å². The van der Waals surface area contributed by atoms with Gasteiger partial charge in [0.05, 0.1) is 6.61 Å². The first kappa shape index (κ1) is 15.5. The zero-order chi connectivity index (χ0) is 13.5. The molecule has 102 valence electrons. The number of hydrogen-bond acceptors (Lipinski definition) is 3. The summed E-state index contributed by atoms with van der Waals surface area (Å²) in [6, 6.07) is 6.55. The van der Waals surface area contributed by atoms with Crippen molar-refractivity contribution in [3.63, 3.8) is 0 Å². The summed E-state index contributed by atoms with van der Waals surface area (Å²) in [6.45, 7) is 5.67. The van der Waals surface area contributed by atoms with Gasteiger partial charge in [0.2, 0.25) is 0 Å². The Morgan fingerprint density at radius 1 is 1.33 bits per heavy atom. The van der Waals surface area contributed by atoms with Crippen LogP contribution in [0.4, 0.5) is 5.69 Å². The Hall–Kier alpha value is -0.580. The summed E-state index contributed by atoms with van der Waals surface area (Å²) in [4.78, 5) is 2.27. The Morgan fingerprint density at radius 2 is 2.00 bits per heavy atom. The van der Waals surface area contributed by atoms with Gasteiger partial charge >= 0.3 is 0 Å². The molecule has 1 rings (SSSR count). The minimum absolute atomic E-state index is 0.160. The summed E-state index contributed by atoms with van der Waals surface area (Å²) in [6.07, 6.45) is 2.13. The molecule has 0 atom stereocenters. The highest BCUT2D eigenvalue weighted by Crippen LogP contribution is 2.29. The third-order valence-corrected chi connectivity index (χ3v) is 4.07. The maximum Gasteiger partial charge on any atom is 0.0606 e. The van der Waals surface area contributed by atoms with Crippen molar-refractivity contribution in [3.05, 3.63) is 28.2 Å². The van der Waals surface area contributed by atoms with Gasteiger partial charge in [0.15, 0.2) is 0 Å². The quantitative estimate of drug-likeness (QED) is 0.813. The number of hydrogen-bond donors (Lipinski definition) is 2. The molecule has 0 aliphatic heterocycles. The van der Waals surface area contributed by atoms with Crippen molar-refractivity contribution in [2.75, 3.05) is 18.1 Å². The van der Waals surface area contributed by atoms with Crippen molar-refractivity contribution in [3.8, 4) is 0 Å². The number of aliphatic hydroxyl groups excluding tert-OH is 1. The highest BCUT2D eigenvalue weighted by molar-refractivity contribution is 9.10. The maximum absolute atomic E-state index is 9.29. The van der Waals surface area contributed by atoms with E-state index >= 15 is 0 Å². The summed E-state index contributed by atoms with van der Waals surface area (Å²) in [5.74, 6) is 0. The molecule has 1 aromatic carbocycles. The monoisotopic (exact) mass is 314 g/mol. The van der Waals surface area contributed by atoms with E-state index in [1.165, 1.54) is 0 Å². The van der Waals surface area contributed by atoms with E-state index in [9.17, 15) is 5.11 Å². The van der Waals surface area contributed by atoms with Crippen LogP contribution in [0.5, 0.6) is 0 Å². The van der Waals surface area contributed by atoms with Gasteiger partial charge in [0.1, 0.15) is 0 Å². The molecule has 0 heterocycles. The van der Waals surface area contributed by atoms with Crippen molar-refractivity contribution < 1.29 is 5.11 Å². The Balaban J connectivity index is 3.16. The second-order valence-corrected chi connectivity index (χ2v) is 5.18. The Bertz CT molecular complexity index is 367. The fraction of sp³-hybridized carbons (Fsp3) is 0.571. The van der Waals surface area contributed by atoms with Crippen LogP contribution in [-0.2, 0) is 6.54 Å². The van der Waals surface area contributed by atoms with Crippen LogP contribution in [0.1, 0.15) is 32.3 Å². The van der Waals surface area contributed by atoms with E-state index in [1.807, 2.05) is 12.1 Å². The highest BCUT2D eigenvalue weighted by Gasteiger charge is 2.18. The lowest BCUT2D eigenvalue weighted by atomic mass is 10.1. The lowest BCUT2D eigenvalue weighted by Crippen LogP contribution is -2.37. The van der Waals surface area contributed by atoms with Crippen molar-refractivity contribution in [1.82, 2.24) is 0 Å². The third-order valence-electron chi connectivity index (χ3n) is 3.33. The van der Waals surface area contributed by atoms with Crippen LogP contribution in [0.3, 0.4) is 0 Å². The van der Waals surface area contributed by atoms with Gasteiger partial charge in [-0.1, -0.05) is 35.8 Å². The van der Waals surface area contributed by atoms with E-state index in [2.05, 4.69) is 40.7 Å². The van der Waals surface area contributed by atoms with Gasteiger partial charge in [-0.05, 0) is 25.0 Å². The molecule has 0 unspecified atom stereocenters. The molecular weight excluding hydrogens is 292 g/mol. The van der Waals surface area contributed by atoms with E-state index in [-0.39, 0.29) is 6.61 Å². The third kappa shape index (κ3) is 3.46. The summed E-state index contributed by atoms with van der Waals surface area (Å²) < 4.78 is 1.04. The zero-order valence-electron chi connectivity index (χ0n) is 11.2. The Kier molecular flexibility index (Phi) is 6.68. The largest absolute Gasteiger partial charge is 0.395 e. The first-order chi connectivity index (χ1) is 8.69. The van der Waals surface area contributed by atoms with E-state index in [0.717, 1.165) is 28.6 Å². The molecular formula is C14H23BrN2O. The van der Waals surface area contributed by atoms with Crippen LogP contribution in [0.25, 0.3) is 0 Å². The Morgan fingerprint density at radius 3 is 2.50 bits per heavy atom. The minimum atomic E-state index is 0.160. The molecule has 0 saturated carbocycles. The standard InChI is InChI=1S/C14H23BrN2O/c1-3-11(4-2)17(8-9-18)14-7-5-6-13(15)12(14)10-16/h5-7,11,18H,3-4,8-10,16H2,1-2H3. The molecule has 0 aliphatic rings. The second kappa shape index (κ2) is 7.77. The number of aliphatic hydroxyl groups is 1. The van der Waals surface area contributed by atoms with Gasteiger partial charge in [-0.15, -0.1) is 0 Å². The van der Waals surface area contributed by atoms with Crippen LogP contribution in [0, 0.1) is 0 Å². The molecule has 3 N–H and O–H groups in total. The molecule has 0 amide bonds. The smallest absolute Gasteiger partial charge is 0.0606 e. The van der Waals surface area contributed by atoms with Crippen LogP contribution < -0.4 is 10.6 Å². The van der Waals surface area contributed by atoms with E-state index < -0.39 is 0 Å². The fourth-order valence-corrected chi connectivity index (χ4v) is 2.87. The average Bonchev–Trinajstić information content (AvgIpc) is 2.38. The molecule has 0 saturated heterocycles. The molecule has 0 spiro atoms. The molecule has 0 fully saturated rings. The summed E-state index contributed by atoms with van der Waals surface area (Å²) in [7, 11) is 0. The van der Waals surface area contributed by atoms with Gasteiger partial charge in [0.25, 0.3) is 0 Å². The maximum atomic E-state index is 9.29. The highest BCUT2D eigenvalue weighted by atomic mass is 79.9. The number of halogens is 1. The van der Waals surface area contributed by atoms with Gasteiger partial charge in [-0.3, -0.25) is 0 Å².